The van der Waals surface area contributed by atoms with Crippen LogP contribution in [0.1, 0.15) is 16.2 Å². The normalized spacial score (nSPS) is 11.7. The predicted octanol–water partition coefficient (Wildman–Crippen LogP) is 2.10. The van der Waals surface area contributed by atoms with Gasteiger partial charge in [0.1, 0.15) is 17.6 Å². The third-order valence-corrected chi connectivity index (χ3v) is 3.79. The molecule has 2 aromatic heterocycles. The number of amides is 1. The summed E-state index contributed by atoms with van der Waals surface area (Å²) in [6.07, 6.45) is 3.05. The van der Waals surface area contributed by atoms with Gasteiger partial charge in [-0.15, -0.1) is 0 Å². The van der Waals surface area contributed by atoms with E-state index >= 15 is 0 Å². The van der Waals surface area contributed by atoms with Crippen molar-refractivity contribution in [2.75, 3.05) is 7.11 Å². The summed E-state index contributed by atoms with van der Waals surface area (Å²) >= 11 is 0. The zero-order valence-electron chi connectivity index (χ0n) is 13.9. The molecular weight excluding hydrogens is 338 g/mol. The lowest BCUT2D eigenvalue weighted by molar-refractivity contribution is -0.139. The summed E-state index contributed by atoms with van der Waals surface area (Å²) in [5.74, 6) is -0.502. The standard InChI is InChI=1S/C18H17N3O5/c1-25-13-4-2-11(3-5-13)15-6-7-16(26-15)17(22)21-14(18(23)24)8-12-9-19-10-20-12/h2-7,9-10,14H,8H2,1H3,(H,19,20)(H,21,22)(H,23,24)/t14-/m0/s1. The summed E-state index contributed by atoms with van der Waals surface area (Å²) in [7, 11) is 1.58. The molecule has 0 radical (unpaired) electrons. The van der Waals surface area contributed by atoms with E-state index in [1.165, 1.54) is 18.6 Å². The molecule has 0 unspecified atom stereocenters. The Bertz CT molecular complexity index is 884. The molecule has 3 aromatic rings. The number of nitrogens with one attached hydrogen (secondary N) is 2. The van der Waals surface area contributed by atoms with Crippen molar-refractivity contribution in [1.29, 1.82) is 0 Å². The Balaban J connectivity index is 1.71. The Morgan fingerprint density at radius 3 is 2.65 bits per heavy atom. The lowest BCUT2D eigenvalue weighted by Gasteiger charge is -2.12. The van der Waals surface area contributed by atoms with Gasteiger partial charge < -0.3 is 24.6 Å². The molecule has 134 valence electrons. The quantitative estimate of drug-likeness (QED) is 0.597. The fourth-order valence-corrected chi connectivity index (χ4v) is 2.42. The maximum atomic E-state index is 12.3. The minimum absolute atomic E-state index is 0.0340. The van der Waals surface area contributed by atoms with Crippen LogP contribution in [0.2, 0.25) is 0 Å². The first kappa shape index (κ1) is 17.3. The number of methoxy groups -OCH3 is 1. The summed E-state index contributed by atoms with van der Waals surface area (Å²) in [6, 6.07) is 9.23. The van der Waals surface area contributed by atoms with E-state index in [-0.39, 0.29) is 12.2 Å². The van der Waals surface area contributed by atoms with E-state index < -0.39 is 17.9 Å². The van der Waals surface area contributed by atoms with Crippen molar-refractivity contribution in [2.24, 2.45) is 0 Å². The van der Waals surface area contributed by atoms with Crippen LogP contribution in [-0.4, -0.2) is 40.1 Å². The minimum Gasteiger partial charge on any atom is -0.497 e. The first-order valence-corrected chi connectivity index (χ1v) is 7.82. The zero-order valence-corrected chi connectivity index (χ0v) is 13.9. The third kappa shape index (κ3) is 3.92. The van der Waals surface area contributed by atoms with Crippen LogP contribution in [0.25, 0.3) is 11.3 Å². The number of imidazole rings is 1. The molecule has 0 saturated heterocycles. The monoisotopic (exact) mass is 355 g/mol. The number of ether oxygens (including phenoxy) is 1. The number of nitrogens with zero attached hydrogens (tertiary/aromatic N) is 1. The van der Waals surface area contributed by atoms with Gasteiger partial charge in [0.2, 0.25) is 0 Å². The van der Waals surface area contributed by atoms with Crippen LogP contribution in [0.15, 0.2) is 53.3 Å². The van der Waals surface area contributed by atoms with Crippen LogP contribution in [0, 0.1) is 0 Å². The van der Waals surface area contributed by atoms with Gasteiger partial charge in [-0.05, 0) is 36.4 Å². The number of carboxylic acid groups (broad SMARTS) is 1. The fourth-order valence-electron chi connectivity index (χ4n) is 2.42. The van der Waals surface area contributed by atoms with Crippen LogP contribution < -0.4 is 10.1 Å². The topological polar surface area (TPSA) is 117 Å². The molecule has 0 saturated carbocycles. The van der Waals surface area contributed by atoms with Crippen LogP contribution in [0.5, 0.6) is 5.75 Å². The Morgan fingerprint density at radius 1 is 1.27 bits per heavy atom. The van der Waals surface area contributed by atoms with Gasteiger partial charge in [0.25, 0.3) is 5.91 Å². The number of aliphatic carboxylic acids is 1. The first-order valence-electron chi connectivity index (χ1n) is 7.82. The molecule has 2 heterocycles. The van der Waals surface area contributed by atoms with Crippen molar-refractivity contribution < 1.29 is 23.8 Å². The van der Waals surface area contributed by atoms with Crippen LogP contribution >= 0.6 is 0 Å². The van der Waals surface area contributed by atoms with Crippen molar-refractivity contribution in [3.8, 4) is 17.1 Å². The number of rotatable bonds is 7. The Labute approximate surface area is 148 Å². The van der Waals surface area contributed by atoms with Crippen molar-refractivity contribution in [1.82, 2.24) is 15.3 Å². The molecule has 3 N–H and O–H groups in total. The number of hydrogen-bond acceptors (Lipinski definition) is 5. The molecule has 1 aromatic carbocycles. The van der Waals surface area contributed by atoms with Crippen LogP contribution in [0.3, 0.4) is 0 Å². The highest BCUT2D eigenvalue weighted by molar-refractivity contribution is 5.94. The van der Waals surface area contributed by atoms with Gasteiger partial charge in [0.15, 0.2) is 5.76 Å². The number of carboxylic acids is 1. The van der Waals surface area contributed by atoms with Crippen molar-refractivity contribution in [3.63, 3.8) is 0 Å². The number of carbonyl (C=O) groups is 2. The van der Waals surface area contributed by atoms with E-state index in [9.17, 15) is 14.7 Å². The summed E-state index contributed by atoms with van der Waals surface area (Å²) in [4.78, 5) is 30.4. The third-order valence-electron chi connectivity index (χ3n) is 3.79. The second kappa shape index (κ2) is 7.56. The minimum atomic E-state index is -1.14. The van der Waals surface area contributed by atoms with Gasteiger partial charge in [0.05, 0.1) is 13.4 Å². The number of hydrogen-bond donors (Lipinski definition) is 3. The number of H-pyrrole nitrogens is 1. The molecule has 0 fully saturated rings. The average Bonchev–Trinajstić information content (AvgIpc) is 3.33. The van der Waals surface area contributed by atoms with E-state index in [2.05, 4.69) is 15.3 Å². The molecule has 26 heavy (non-hydrogen) atoms. The summed E-state index contributed by atoms with van der Waals surface area (Å²) in [5.41, 5.74) is 1.38. The molecule has 0 aliphatic rings. The zero-order chi connectivity index (χ0) is 18.5. The lowest BCUT2D eigenvalue weighted by Crippen LogP contribution is -2.42. The van der Waals surface area contributed by atoms with Crippen molar-refractivity contribution >= 4 is 11.9 Å². The van der Waals surface area contributed by atoms with Crippen molar-refractivity contribution in [2.45, 2.75) is 12.5 Å². The molecule has 0 spiro atoms. The molecule has 8 nitrogen and oxygen atoms in total. The van der Waals surface area contributed by atoms with E-state index in [0.29, 0.717) is 17.2 Å². The molecule has 1 amide bonds. The van der Waals surface area contributed by atoms with Gasteiger partial charge in [0, 0.05) is 23.9 Å². The number of aromatic amines is 1. The molecule has 0 bridgehead atoms. The Hall–Kier alpha value is -3.55. The average molecular weight is 355 g/mol. The number of aromatic nitrogens is 2. The number of benzene rings is 1. The van der Waals surface area contributed by atoms with E-state index in [1.54, 1.807) is 37.4 Å². The molecular formula is C18H17N3O5. The molecule has 8 heteroatoms. The maximum absolute atomic E-state index is 12.3. The molecule has 1 atom stereocenters. The summed E-state index contributed by atoms with van der Waals surface area (Å²) < 4.78 is 10.7. The fraction of sp³-hybridized carbons (Fsp3) is 0.167. The van der Waals surface area contributed by atoms with Crippen LogP contribution in [-0.2, 0) is 11.2 Å². The van der Waals surface area contributed by atoms with E-state index in [0.717, 1.165) is 5.56 Å². The highest BCUT2D eigenvalue weighted by Crippen LogP contribution is 2.24. The second-order valence-electron chi connectivity index (χ2n) is 5.54. The number of carbonyl (C=O) groups excluding carboxylic acids is 1. The second-order valence-corrected chi connectivity index (χ2v) is 5.54. The van der Waals surface area contributed by atoms with Crippen LogP contribution in [0.4, 0.5) is 0 Å². The Kier molecular flexibility index (Phi) is 5.02. The van der Waals surface area contributed by atoms with Gasteiger partial charge in [-0.1, -0.05) is 0 Å². The first-order chi connectivity index (χ1) is 12.6. The largest absolute Gasteiger partial charge is 0.497 e. The molecule has 3 rings (SSSR count). The predicted molar refractivity (Wildman–Crippen MR) is 91.9 cm³/mol. The highest BCUT2D eigenvalue weighted by Gasteiger charge is 2.23. The van der Waals surface area contributed by atoms with Gasteiger partial charge in [-0.2, -0.15) is 0 Å². The smallest absolute Gasteiger partial charge is 0.326 e. The summed E-state index contributed by atoms with van der Waals surface area (Å²) in [6.45, 7) is 0. The maximum Gasteiger partial charge on any atom is 0.326 e. The Morgan fingerprint density at radius 2 is 2.04 bits per heavy atom. The van der Waals surface area contributed by atoms with Gasteiger partial charge in [-0.3, -0.25) is 4.79 Å². The molecule has 0 aliphatic carbocycles. The lowest BCUT2D eigenvalue weighted by atomic mass is 10.1. The number of furan rings is 1. The SMILES string of the molecule is COc1ccc(-c2ccc(C(=O)N[C@@H](Cc3cnc[nH]3)C(=O)O)o2)cc1. The van der Waals surface area contributed by atoms with E-state index in [1.807, 2.05) is 0 Å². The van der Waals surface area contributed by atoms with Gasteiger partial charge in [-0.25, -0.2) is 9.78 Å². The summed E-state index contributed by atoms with van der Waals surface area (Å²) in [5, 5.41) is 11.8. The van der Waals surface area contributed by atoms with E-state index in [4.69, 9.17) is 9.15 Å². The van der Waals surface area contributed by atoms with Gasteiger partial charge >= 0.3 is 5.97 Å². The highest BCUT2D eigenvalue weighted by atomic mass is 16.5. The van der Waals surface area contributed by atoms with Crippen molar-refractivity contribution in [3.05, 3.63) is 60.4 Å². The molecule has 0 aliphatic heterocycles.